The molecule has 19 heavy (non-hydrogen) atoms. The van der Waals surface area contributed by atoms with Gasteiger partial charge in [0, 0.05) is 17.7 Å². The summed E-state index contributed by atoms with van der Waals surface area (Å²) in [5.41, 5.74) is 8.12. The number of thiocarbonyl (C=S) groups is 1. The summed E-state index contributed by atoms with van der Waals surface area (Å²) in [6, 6.07) is 9.18. The van der Waals surface area contributed by atoms with E-state index >= 15 is 0 Å². The van der Waals surface area contributed by atoms with Crippen molar-refractivity contribution in [1.82, 2.24) is 5.32 Å². The van der Waals surface area contributed by atoms with Crippen LogP contribution in [0.15, 0.2) is 41.0 Å². The summed E-state index contributed by atoms with van der Waals surface area (Å²) in [5, 5.41) is 2.79. The molecule has 1 aromatic heterocycles. The quantitative estimate of drug-likeness (QED) is 0.838. The Labute approximate surface area is 116 Å². The van der Waals surface area contributed by atoms with Crippen molar-refractivity contribution in [3.05, 3.63) is 59.0 Å². The molecule has 1 aromatic carbocycles. The lowest BCUT2D eigenvalue weighted by Crippen LogP contribution is -2.23. The smallest absolute Gasteiger partial charge is 0.287 e. The molecular formula is C14H14N2O2S. The van der Waals surface area contributed by atoms with Gasteiger partial charge in [0.05, 0.1) is 6.26 Å². The average molecular weight is 274 g/mol. The van der Waals surface area contributed by atoms with Crippen LogP contribution in [-0.4, -0.2) is 10.9 Å². The molecule has 0 atom stereocenters. The maximum Gasteiger partial charge on any atom is 0.287 e. The molecule has 0 bridgehead atoms. The lowest BCUT2D eigenvalue weighted by Gasteiger charge is -2.05. The Bertz CT molecular complexity index is 602. The number of carbonyl (C=O) groups excluding carboxylic acids is 1. The van der Waals surface area contributed by atoms with Gasteiger partial charge in [0.15, 0.2) is 5.76 Å². The predicted octanol–water partition coefficient (Wildman–Crippen LogP) is 2.15. The van der Waals surface area contributed by atoms with Crippen LogP contribution in [0.2, 0.25) is 0 Å². The molecule has 0 aliphatic carbocycles. The van der Waals surface area contributed by atoms with E-state index in [-0.39, 0.29) is 5.91 Å². The molecule has 0 unspecified atom stereocenters. The minimum absolute atomic E-state index is 0.221. The largest absolute Gasteiger partial charge is 0.459 e. The molecule has 0 saturated carbocycles. The maximum absolute atomic E-state index is 11.8. The Morgan fingerprint density at radius 1 is 1.32 bits per heavy atom. The van der Waals surface area contributed by atoms with Crippen LogP contribution >= 0.6 is 12.2 Å². The average Bonchev–Trinajstić information content (AvgIpc) is 2.83. The van der Waals surface area contributed by atoms with Crippen LogP contribution in [0, 0.1) is 6.92 Å². The van der Waals surface area contributed by atoms with Crippen molar-refractivity contribution >= 4 is 23.1 Å². The Morgan fingerprint density at radius 2 is 2.00 bits per heavy atom. The standard InChI is InChI=1S/C14H14N2O2S/c1-9-6-7-18-12(9)14(17)16-8-10-2-4-11(5-3-10)13(15)19/h2-7H,8H2,1H3,(H2,15,19)(H,16,17). The monoisotopic (exact) mass is 274 g/mol. The lowest BCUT2D eigenvalue weighted by atomic mass is 10.1. The molecule has 4 nitrogen and oxygen atoms in total. The third-order valence-corrected chi connectivity index (χ3v) is 3.00. The number of furan rings is 1. The van der Waals surface area contributed by atoms with Gasteiger partial charge in [-0.05, 0) is 18.6 Å². The van der Waals surface area contributed by atoms with Gasteiger partial charge >= 0.3 is 0 Å². The normalized spacial score (nSPS) is 10.2. The van der Waals surface area contributed by atoms with Crippen LogP contribution in [0.25, 0.3) is 0 Å². The topological polar surface area (TPSA) is 68.3 Å². The molecule has 2 rings (SSSR count). The first-order chi connectivity index (χ1) is 9.08. The predicted molar refractivity (Wildman–Crippen MR) is 76.9 cm³/mol. The van der Waals surface area contributed by atoms with E-state index in [9.17, 15) is 4.79 Å². The molecule has 1 amide bonds. The zero-order chi connectivity index (χ0) is 13.8. The minimum atomic E-state index is -0.221. The molecule has 0 aliphatic heterocycles. The first kappa shape index (κ1) is 13.3. The van der Waals surface area contributed by atoms with Gasteiger partial charge in [-0.25, -0.2) is 0 Å². The fourth-order valence-electron chi connectivity index (χ4n) is 1.65. The van der Waals surface area contributed by atoms with Crippen LogP contribution in [0.3, 0.4) is 0 Å². The molecule has 0 saturated heterocycles. The number of amides is 1. The summed E-state index contributed by atoms with van der Waals surface area (Å²) in [4.78, 5) is 12.2. The van der Waals surface area contributed by atoms with Crippen LogP contribution in [0.5, 0.6) is 0 Å². The Morgan fingerprint density at radius 3 is 2.53 bits per heavy atom. The molecule has 2 aromatic rings. The molecule has 98 valence electrons. The zero-order valence-corrected chi connectivity index (χ0v) is 11.3. The van der Waals surface area contributed by atoms with Crippen molar-refractivity contribution in [2.24, 2.45) is 5.73 Å². The van der Waals surface area contributed by atoms with Crippen molar-refractivity contribution in [2.45, 2.75) is 13.5 Å². The Kier molecular flexibility index (Phi) is 3.97. The van der Waals surface area contributed by atoms with Crippen LogP contribution < -0.4 is 11.1 Å². The number of nitrogens with two attached hydrogens (primary N) is 1. The molecule has 1 heterocycles. The summed E-state index contributed by atoms with van der Waals surface area (Å²) in [7, 11) is 0. The number of hydrogen-bond acceptors (Lipinski definition) is 3. The van der Waals surface area contributed by atoms with Crippen molar-refractivity contribution < 1.29 is 9.21 Å². The van der Waals surface area contributed by atoms with E-state index in [1.165, 1.54) is 6.26 Å². The van der Waals surface area contributed by atoms with Gasteiger partial charge in [0.25, 0.3) is 5.91 Å². The number of carbonyl (C=O) groups is 1. The first-order valence-corrected chi connectivity index (χ1v) is 6.20. The van der Waals surface area contributed by atoms with E-state index in [0.717, 1.165) is 16.7 Å². The van der Waals surface area contributed by atoms with Crippen molar-refractivity contribution in [2.75, 3.05) is 0 Å². The number of hydrogen-bond donors (Lipinski definition) is 2. The van der Waals surface area contributed by atoms with E-state index in [1.54, 1.807) is 6.07 Å². The number of benzene rings is 1. The highest BCUT2D eigenvalue weighted by atomic mass is 32.1. The zero-order valence-electron chi connectivity index (χ0n) is 10.5. The van der Waals surface area contributed by atoms with E-state index in [1.807, 2.05) is 31.2 Å². The molecular weight excluding hydrogens is 260 g/mol. The highest BCUT2D eigenvalue weighted by molar-refractivity contribution is 7.80. The Hall–Kier alpha value is -2.14. The Balaban J connectivity index is 1.97. The van der Waals surface area contributed by atoms with E-state index in [0.29, 0.717) is 17.3 Å². The van der Waals surface area contributed by atoms with Crippen molar-refractivity contribution in [1.29, 1.82) is 0 Å². The van der Waals surface area contributed by atoms with Crippen molar-refractivity contribution in [3.63, 3.8) is 0 Å². The second kappa shape index (κ2) is 5.67. The highest BCUT2D eigenvalue weighted by Gasteiger charge is 2.11. The maximum atomic E-state index is 11.8. The highest BCUT2D eigenvalue weighted by Crippen LogP contribution is 2.09. The van der Waals surface area contributed by atoms with Crippen LogP contribution in [0.1, 0.15) is 27.2 Å². The van der Waals surface area contributed by atoms with E-state index in [2.05, 4.69) is 5.32 Å². The summed E-state index contributed by atoms with van der Waals surface area (Å²) >= 11 is 4.88. The second-order valence-corrected chi connectivity index (χ2v) is 4.62. The summed E-state index contributed by atoms with van der Waals surface area (Å²) < 4.78 is 5.12. The molecule has 3 N–H and O–H groups in total. The first-order valence-electron chi connectivity index (χ1n) is 5.79. The summed E-state index contributed by atoms with van der Waals surface area (Å²) in [6.45, 7) is 2.26. The van der Waals surface area contributed by atoms with Gasteiger partial charge in [0.2, 0.25) is 0 Å². The van der Waals surface area contributed by atoms with Gasteiger partial charge in [0.1, 0.15) is 4.99 Å². The second-order valence-electron chi connectivity index (χ2n) is 4.18. The van der Waals surface area contributed by atoms with E-state index in [4.69, 9.17) is 22.4 Å². The number of aryl methyl sites for hydroxylation is 1. The molecule has 0 spiro atoms. The fraction of sp³-hybridized carbons (Fsp3) is 0.143. The van der Waals surface area contributed by atoms with Crippen LogP contribution in [-0.2, 0) is 6.54 Å². The SMILES string of the molecule is Cc1ccoc1C(=O)NCc1ccc(C(N)=S)cc1. The number of nitrogens with one attached hydrogen (secondary N) is 1. The lowest BCUT2D eigenvalue weighted by molar-refractivity contribution is 0.0922. The van der Waals surface area contributed by atoms with Crippen LogP contribution in [0.4, 0.5) is 0 Å². The third kappa shape index (κ3) is 3.20. The molecule has 0 aliphatic rings. The van der Waals surface area contributed by atoms with Gasteiger partial charge < -0.3 is 15.5 Å². The molecule has 5 heteroatoms. The summed E-state index contributed by atoms with van der Waals surface area (Å²) in [5.74, 6) is 0.126. The van der Waals surface area contributed by atoms with Gasteiger partial charge in [-0.2, -0.15) is 0 Å². The van der Waals surface area contributed by atoms with Gasteiger partial charge in [-0.15, -0.1) is 0 Å². The summed E-state index contributed by atoms with van der Waals surface area (Å²) in [6.07, 6.45) is 1.50. The van der Waals surface area contributed by atoms with E-state index < -0.39 is 0 Å². The number of rotatable bonds is 4. The molecule has 0 fully saturated rings. The van der Waals surface area contributed by atoms with Gasteiger partial charge in [-0.3, -0.25) is 4.79 Å². The fourth-order valence-corrected chi connectivity index (χ4v) is 1.79. The third-order valence-electron chi connectivity index (χ3n) is 2.76. The minimum Gasteiger partial charge on any atom is -0.459 e. The molecule has 0 radical (unpaired) electrons. The van der Waals surface area contributed by atoms with Crippen molar-refractivity contribution in [3.8, 4) is 0 Å². The van der Waals surface area contributed by atoms with Gasteiger partial charge in [-0.1, -0.05) is 36.5 Å².